The van der Waals surface area contributed by atoms with Crippen LogP contribution in [-0.2, 0) is 11.3 Å². The minimum absolute atomic E-state index is 0.0919. The zero-order valence-electron chi connectivity index (χ0n) is 12.4. The molecule has 2 aromatic carbocycles. The molecule has 1 aliphatic rings. The Morgan fingerprint density at radius 2 is 2.00 bits per heavy atom. The van der Waals surface area contributed by atoms with E-state index in [9.17, 15) is 4.79 Å². The van der Waals surface area contributed by atoms with Crippen molar-refractivity contribution in [2.24, 2.45) is 0 Å². The van der Waals surface area contributed by atoms with Gasteiger partial charge in [-0.25, -0.2) is 0 Å². The average molecular weight is 329 g/mol. The molecule has 0 saturated heterocycles. The van der Waals surface area contributed by atoms with E-state index in [4.69, 9.17) is 25.5 Å². The predicted molar refractivity (Wildman–Crippen MR) is 88.0 cm³/mol. The SMILES string of the molecule is Cc1ccc2oc(-c3cc(Cl)cc4c3OCOC4)cc(=O)c2c1. The van der Waals surface area contributed by atoms with Crippen molar-refractivity contribution in [1.29, 1.82) is 0 Å². The van der Waals surface area contributed by atoms with Gasteiger partial charge in [-0.05, 0) is 31.2 Å². The number of aryl methyl sites for hydroxylation is 1. The van der Waals surface area contributed by atoms with E-state index in [0.717, 1.165) is 11.1 Å². The Morgan fingerprint density at radius 1 is 1.13 bits per heavy atom. The molecule has 23 heavy (non-hydrogen) atoms. The average Bonchev–Trinajstić information content (AvgIpc) is 2.54. The highest BCUT2D eigenvalue weighted by Gasteiger charge is 2.20. The molecule has 2 heterocycles. The largest absolute Gasteiger partial charge is 0.466 e. The van der Waals surface area contributed by atoms with Gasteiger partial charge < -0.3 is 13.9 Å². The van der Waals surface area contributed by atoms with Crippen LogP contribution >= 0.6 is 11.6 Å². The van der Waals surface area contributed by atoms with Gasteiger partial charge in [0.25, 0.3) is 0 Å². The van der Waals surface area contributed by atoms with Crippen LogP contribution in [0.2, 0.25) is 5.02 Å². The Bertz CT molecular complexity index is 975. The van der Waals surface area contributed by atoms with Gasteiger partial charge in [0, 0.05) is 16.7 Å². The van der Waals surface area contributed by atoms with Gasteiger partial charge in [-0.3, -0.25) is 4.79 Å². The van der Waals surface area contributed by atoms with Gasteiger partial charge in [0.2, 0.25) is 0 Å². The number of hydrogen-bond acceptors (Lipinski definition) is 4. The molecule has 116 valence electrons. The molecule has 1 aromatic heterocycles. The molecule has 3 aromatic rings. The van der Waals surface area contributed by atoms with Crippen LogP contribution in [0.5, 0.6) is 5.75 Å². The van der Waals surface area contributed by atoms with E-state index in [1.807, 2.05) is 19.1 Å². The van der Waals surface area contributed by atoms with Gasteiger partial charge in [0.1, 0.15) is 17.1 Å². The van der Waals surface area contributed by atoms with E-state index in [-0.39, 0.29) is 12.2 Å². The molecule has 0 unspecified atom stereocenters. The van der Waals surface area contributed by atoms with Crippen LogP contribution in [-0.4, -0.2) is 6.79 Å². The molecular weight excluding hydrogens is 316 g/mol. The summed E-state index contributed by atoms with van der Waals surface area (Å²) in [6, 6.07) is 10.5. The highest BCUT2D eigenvalue weighted by Crippen LogP contribution is 2.38. The van der Waals surface area contributed by atoms with Crippen LogP contribution in [0.15, 0.2) is 45.6 Å². The summed E-state index contributed by atoms with van der Waals surface area (Å²) < 4.78 is 16.8. The molecule has 0 aliphatic carbocycles. The summed E-state index contributed by atoms with van der Waals surface area (Å²) in [4.78, 5) is 12.4. The maximum Gasteiger partial charge on any atom is 0.193 e. The lowest BCUT2D eigenvalue weighted by atomic mass is 10.0. The number of benzene rings is 2. The minimum atomic E-state index is -0.0919. The Labute approximate surface area is 137 Å². The summed E-state index contributed by atoms with van der Waals surface area (Å²) in [7, 11) is 0. The van der Waals surface area contributed by atoms with Crippen LogP contribution in [0.4, 0.5) is 0 Å². The Hall–Kier alpha value is -2.30. The van der Waals surface area contributed by atoms with Crippen molar-refractivity contribution in [3.63, 3.8) is 0 Å². The van der Waals surface area contributed by atoms with Gasteiger partial charge in [-0.15, -0.1) is 0 Å². The molecule has 0 bridgehead atoms. The molecule has 0 N–H and O–H groups in total. The maximum absolute atomic E-state index is 12.4. The lowest BCUT2D eigenvalue weighted by molar-refractivity contribution is -0.0159. The third-order valence-electron chi connectivity index (χ3n) is 3.82. The normalized spacial score (nSPS) is 13.7. The van der Waals surface area contributed by atoms with Crippen molar-refractivity contribution in [1.82, 2.24) is 0 Å². The first kappa shape index (κ1) is 14.3. The summed E-state index contributed by atoms with van der Waals surface area (Å²) in [5, 5.41) is 1.10. The second-order valence-corrected chi connectivity index (χ2v) is 5.96. The Kier molecular flexibility index (Phi) is 3.36. The van der Waals surface area contributed by atoms with E-state index >= 15 is 0 Å². The smallest absolute Gasteiger partial charge is 0.193 e. The van der Waals surface area contributed by atoms with Crippen LogP contribution in [0.25, 0.3) is 22.3 Å². The van der Waals surface area contributed by atoms with E-state index in [1.165, 1.54) is 6.07 Å². The maximum atomic E-state index is 12.4. The van der Waals surface area contributed by atoms with Crippen LogP contribution in [0.1, 0.15) is 11.1 Å². The van der Waals surface area contributed by atoms with E-state index in [0.29, 0.717) is 39.7 Å². The van der Waals surface area contributed by atoms with E-state index in [1.54, 1.807) is 18.2 Å². The molecule has 1 aliphatic heterocycles. The lowest BCUT2D eigenvalue weighted by Gasteiger charge is -2.20. The van der Waals surface area contributed by atoms with E-state index in [2.05, 4.69) is 0 Å². The summed E-state index contributed by atoms with van der Waals surface area (Å²) in [5.41, 5.74) is 2.96. The third kappa shape index (κ3) is 2.50. The summed E-state index contributed by atoms with van der Waals surface area (Å²) in [6.07, 6.45) is 0. The van der Waals surface area contributed by atoms with E-state index < -0.39 is 0 Å². The van der Waals surface area contributed by atoms with Crippen molar-refractivity contribution < 1.29 is 13.9 Å². The van der Waals surface area contributed by atoms with Crippen LogP contribution in [0.3, 0.4) is 0 Å². The van der Waals surface area contributed by atoms with Crippen molar-refractivity contribution >= 4 is 22.6 Å². The topological polar surface area (TPSA) is 48.7 Å². The van der Waals surface area contributed by atoms with Gasteiger partial charge in [0.15, 0.2) is 12.2 Å². The fourth-order valence-corrected chi connectivity index (χ4v) is 3.01. The highest BCUT2D eigenvalue weighted by molar-refractivity contribution is 6.31. The van der Waals surface area contributed by atoms with Gasteiger partial charge in [-0.1, -0.05) is 23.2 Å². The highest BCUT2D eigenvalue weighted by atomic mass is 35.5. The summed E-state index contributed by atoms with van der Waals surface area (Å²) >= 11 is 6.18. The number of fused-ring (bicyclic) bond motifs is 2. The molecule has 0 amide bonds. The molecule has 5 heteroatoms. The second-order valence-electron chi connectivity index (χ2n) is 5.53. The molecule has 0 saturated carbocycles. The lowest BCUT2D eigenvalue weighted by Crippen LogP contribution is -2.12. The minimum Gasteiger partial charge on any atom is -0.466 e. The Balaban J connectivity index is 1.98. The van der Waals surface area contributed by atoms with Gasteiger partial charge >= 0.3 is 0 Å². The van der Waals surface area contributed by atoms with Crippen molar-refractivity contribution in [2.75, 3.05) is 6.79 Å². The molecule has 0 spiro atoms. The first-order valence-corrected chi connectivity index (χ1v) is 7.57. The first-order valence-electron chi connectivity index (χ1n) is 7.20. The van der Waals surface area contributed by atoms with Gasteiger partial charge in [-0.2, -0.15) is 0 Å². The standard InChI is InChI=1S/C18H13ClO4/c1-10-2-3-16-13(4-10)15(20)7-17(23-16)14-6-12(19)5-11-8-21-9-22-18(11)14/h2-7H,8-9H2,1H3. The van der Waals surface area contributed by atoms with Gasteiger partial charge in [0.05, 0.1) is 17.6 Å². The fourth-order valence-electron chi connectivity index (χ4n) is 2.77. The Morgan fingerprint density at radius 3 is 2.87 bits per heavy atom. The molecule has 4 rings (SSSR count). The van der Waals surface area contributed by atoms with Crippen molar-refractivity contribution in [2.45, 2.75) is 13.5 Å². The number of halogens is 1. The molecule has 0 radical (unpaired) electrons. The summed E-state index contributed by atoms with van der Waals surface area (Å²) in [5.74, 6) is 1.09. The molecule has 4 nitrogen and oxygen atoms in total. The number of ether oxygens (including phenoxy) is 2. The monoisotopic (exact) mass is 328 g/mol. The summed E-state index contributed by atoms with van der Waals surface area (Å²) in [6.45, 7) is 2.52. The molecular formula is C18H13ClO4. The quantitative estimate of drug-likeness (QED) is 0.668. The second kappa shape index (κ2) is 5.41. The predicted octanol–water partition coefficient (Wildman–Crippen LogP) is 4.29. The van der Waals surface area contributed by atoms with Crippen LogP contribution in [0, 0.1) is 6.92 Å². The van der Waals surface area contributed by atoms with Crippen LogP contribution < -0.4 is 10.2 Å². The number of rotatable bonds is 1. The number of hydrogen-bond donors (Lipinski definition) is 0. The first-order chi connectivity index (χ1) is 11.1. The van der Waals surface area contributed by atoms with Crippen molar-refractivity contribution in [3.05, 3.63) is 62.8 Å². The van der Waals surface area contributed by atoms with Crippen molar-refractivity contribution in [3.8, 4) is 17.1 Å². The molecule has 0 fully saturated rings. The molecule has 0 atom stereocenters. The zero-order chi connectivity index (χ0) is 16.0. The fraction of sp³-hybridized carbons (Fsp3) is 0.167. The third-order valence-corrected chi connectivity index (χ3v) is 4.04. The zero-order valence-corrected chi connectivity index (χ0v) is 13.1.